The van der Waals surface area contributed by atoms with Gasteiger partial charge in [0, 0.05) is 0 Å². The van der Waals surface area contributed by atoms with Gasteiger partial charge in [0.15, 0.2) is 25.6 Å². The van der Waals surface area contributed by atoms with Crippen LogP contribution in [0.5, 0.6) is 0 Å². The number of carbonyl (C=O) groups excluding carboxylic acids is 1. The highest BCUT2D eigenvalue weighted by Crippen LogP contribution is 2.39. The minimum absolute atomic E-state index is 0.0581. The first-order valence-electron chi connectivity index (χ1n) is 8.56. The van der Waals surface area contributed by atoms with Crippen molar-refractivity contribution >= 4 is 25.3 Å². The Labute approximate surface area is 154 Å². The van der Waals surface area contributed by atoms with Crippen LogP contribution >= 0.6 is 0 Å². The van der Waals surface area contributed by atoms with Crippen molar-refractivity contribution in [1.29, 1.82) is 0 Å². The Morgan fingerprint density at radius 2 is 1.76 bits per heavy atom. The van der Waals surface area contributed by atoms with Crippen LogP contribution in [0, 0.1) is 12.8 Å². The van der Waals surface area contributed by atoms with Crippen LogP contribution < -0.4 is 5.32 Å². The second kappa shape index (κ2) is 7.30. The highest BCUT2D eigenvalue weighted by Gasteiger charge is 2.49. The topological polar surface area (TPSA) is 64.6 Å². The lowest BCUT2D eigenvalue weighted by atomic mass is 9.94. The van der Waals surface area contributed by atoms with E-state index in [2.05, 4.69) is 39.2 Å². The van der Waals surface area contributed by atoms with Crippen LogP contribution in [0.1, 0.15) is 33.3 Å². The van der Waals surface area contributed by atoms with Gasteiger partial charge in [-0.05, 0) is 44.1 Å². The van der Waals surface area contributed by atoms with Crippen LogP contribution in [0.3, 0.4) is 0 Å². The lowest BCUT2D eigenvalue weighted by Crippen LogP contribution is -2.64. The van der Waals surface area contributed by atoms with E-state index in [1.807, 2.05) is 26.0 Å². The lowest BCUT2D eigenvalue weighted by Gasteiger charge is -2.44. The molecular weight excluding hydrogens is 354 g/mol. The van der Waals surface area contributed by atoms with E-state index in [1.54, 1.807) is 12.1 Å². The highest BCUT2D eigenvalue weighted by molar-refractivity contribution is 7.80. The zero-order valence-electron chi connectivity index (χ0n) is 16.1. The molecule has 140 valence electrons. The summed E-state index contributed by atoms with van der Waals surface area (Å²) in [6, 6.07) is 7.32. The SMILES string of the molecule is Cc1ccc(S(=O)OC2NC(=O)C2C(C)O[Si](C)(C)C(C)(C)C)cc1. The van der Waals surface area contributed by atoms with Gasteiger partial charge in [0.1, 0.15) is 5.92 Å². The molecule has 0 spiro atoms. The number of hydrogen-bond acceptors (Lipinski definition) is 4. The van der Waals surface area contributed by atoms with Crippen molar-refractivity contribution in [1.82, 2.24) is 5.32 Å². The molecule has 1 N–H and O–H groups in total. The van der Waals surface area contributed by atoms with Gasteiger partial charge in [0.25, 0.3) is 0 Å². The summed E-state index contributed by atoms with van der Waals surface area (Å²) in [6.45, 7) is 14.7. The third-order valence-corrected chi connectivity index (χ3v) is 10.7. The van der Waals surface area contributed by atoms with Crippen LogP contribution in [0.2, 0.25) is 18.1 Å². The smallest absolute Gasteiger partial charge is 0.232 e. The minimum atomic E-state index is -1.99. The quantitative estimate of drug-likeness (QED) is 0.603. The maximum absolute atomic E-state index is 12.4. The number of hydrogen-bond donors (Lipinski definition) is 1. The molecule has 4 unspecified atom stereocenters. The fourth-order valence-electron chi connectivity index (χ4n) is 2.42. The van der Waals surface area contributed by atoms with Crippen molar-refractivity contribution in [2.75, 3.05) is 0 Å². The van der Waals surface area contributed by atoms with Crippen molar-refractivity contribution in [3.8, 4) is 0 Å². The number of β-lactam (4-membered cyclic amide) rings is 1. The third kappa shape index (κ3) is 4.58. The predicted octanol–water partition coefficient (Wildman–Crippen LogP) is 3.52. The fourth-order valence-corrected chi connectivity index (χ4v) is 4.68. The normalized spacial score (nSPS) is 23.6. The van der Waals surface area contributed by atoms with E-state index in [9.17, 15) is 9.00 Å². The van der Waals surface area contributed by atoms with Gasteiger partial charge < -0.3 is 9.74 Å². The third-order valence-electron chi connectivity index (χ3n) is 5.11. The van der Waals surface area contributed by atoms with Gasteiger partial charge in [0.2, 0.25) is 5.91 Å². The molecule has 0 saturated carbocycles. The molecule has 1 aromatic rings. The van der Waals surface area contributed by atoms with E-state index >= 15 is 0 Å². The number of carbonyl (C=O) groups is 1. The molecule has 2 rings (SSSR count). The van der Waals surface area contributed by atoms with E-state index in [4.69, 9.17) is 8.61 Å². The van der Waals surface area contributed by atoms with Crippen molar-refractivity contribution in [2.24, 2.45) is 5.92 Å². The monoisotopic (exact) mass is 383 g/mol. The lowest BCUT2D eigenvalue weighted by molar-refractivity contribution is -0.150. The summed E-state index contributed by atoms with van der Waals surface area (Å²) in [6.07, 6.45) is -0.871. The molecule has 1 amide bonds. The maximum atomic E-state index is 12.4. The molecule has 1 aromatic carbocycles. The zero-order valence-corrected chi connectivity index (χ0v) is 17.9. The molecule has 25 heavy (non-hydrogen) atoms. The van der Waals surface area contributed by atoms with Crippen molar-refractivity contribution in [3.63, 3.8) is 0 Å². The first-order chi connectivity index (χ1) is 11.4. The van der Waals surface area contributed by atoms with Gasteiger partial charge in [-0.3, -0.25) is 8.98 Å². The summed E-state index contributed by atoms with van der Waals surface area (Å²) in [5.41, 5.74) is 1.09. The Kier molecular flexibility index (Phi) is 5.93. The van der Waals surface area contributed by atoms with Gasteiger partial charge in [-0.1, -0.05) is 38.5 Å². The Morgan fingerprint density at radius 1 is 1.20 bits per heavy atom. The Bertz CT molecular complexity index is 654. The molecule has 1 aliphatic heterocycles. The Morgan fingerprint density at radius 3 is 2.24 bits per heavy atom. The number of benzene rings is 1. The average Bonchev–Trinajstić information content (AvgIpc) is 2.45. The second-order valence-corrected chi connectivity index (χ2v) is 14.1. The van der Waals surface area contributed by atoms with Crippen LogP contribution in [-0.4, -0.2) is 30.8 Å². The van der Waals surface area contributed by atoms with Gasteiger partial charge in [-0.2, -0.15) is 0 Å². The maximum Gasteiger partial charge on any atom is 0.232 e. The molecule has 0 radical (unpaired) electrons. The van der Waals surface area contributed by atoms with Crippen molar-refractivity contribution in [3.05, 3.63) is 29.8 Å². The first-order valence-corrected chi connectivity index (χ1v) is 12.5. The van der Waals surface area contributed by atoms with E-state index < -0.39 is 31.5 Å². The van der Waals surface area contributed by atoms with E-state index in [1.165, 1.54) is 0 Å². The zero-order chi connectivity index (χ0) is 19.0. The summed E-state index contributed by atoms with van der Waals surface area (Å²) in [4.78, 5) is 12.6. The van der Waals surface area contributed by atoms with Crippen molar-refractivity contribution < 1.29 is 17.6 Å². The Hall–Kier alpha value is -1.02. The Balaban J connectivity index is 2.02. The van der Waals surface area contributed by atoms with Crippen LogP contribution in [0.15, 0.2) is 29.2 Å². The summed E-state index contributed by atoms with van der Waals surface area (Å²) in [7, 11) is -1.99. The number of aryl methyl sites for hydroxylation is 1. The summed E-state index contributed by atoms with van der Waals surface area (Å²) < 4.78 is 24.3. The highest BCUT2D eigenvalue weighted by atomic mass is 32.2. The van der Waals surface area contributed by atoms with Crippen LogP contribution in [0.4, 0.5) is 0 Å². The summed E-state index contributed by atoms with van der Waals surface area (Å²) in [5, 5.41) is 2.75. The van der Waals surface area contributed by atoms with Gasteiger partial charge >= 0.3 is 0 Å². The van der Waals surface area contributed by atoms with Gasteiger partial charge in [0.05, 0.1) is 11.0 Å². The molecule has 0 bridgehead atoms. The molecule has 1 aliphatic rings. The molecule has 0 aliphatic carbocycles. The molecule has 1 saturated heterocycles. The molecule has 7 heteroatoms. The molecule has 4 atom stereocenters. The van der Waals surface area contributed by atoms with Gasteiger partial charge in [-0.25, -0.2) is 4.21 Å². The summed E-state index contributed by atoms with van der Waals surface area (Å²) >= 11 is -1.62. The number of nitrogens with one attached hydrogen (secondary N) is 1. The summed E-state index contributed by atoms with van der Waals surface area (Å²) in [5.74, 6) is -0.555. The van der Waals surface area contributed by atoms with Crippen LogP contribution in [-0.2, 0) is 24.5 Å². The molecule has 5 nitrogen and oxygen atoms in total. The minimum Gasteiger partial charge on any atom is -0.413 e. The molecule has 1 heterocycles. The molecule has 0 aromatic heterocycles. The fraction of sp³-hybridized carbons (Fsp3) is 0.611. The largest absolute Gasteiger partial charge is 0.413 e. The standard InChI is InChI=1S/C18H29NO4SSi/c1-12-8-10-14(11-9-12)24(21)22-17-15(16(20)19-17)13(2)23-25(6,7)18(3,4)5/h8-11,13,15,17H,1-7H3,(H,19,20). The number of amides is 1. The molecule has 1 fully saturated rings. The van der Waals surface area contributed by atoms with E-state index in [0.29, 0.717) is 4.90 Å². The van der Waals surface area contributed by atoms with E-state index in [0.717, 1.165) is 5.56 Å². The predicted molar refractivity (Wildman–Crippen MR) is 102 cm³/mol. The average molecular weight is 384 g/mol. The van der Waals surface area contributed by atoms with Crippen molar-refractivity contribution in [2.45, 2.75) is 70.0 Å². The van der Waals surface area contributed by atoms with Gasteiger partial charge in [-0.15, -0.1) is 0 Å². The number of rotatable bonds is 6. The molecular formula is C18H29NO4SSi. The first kappa shape index (κ1) is 20.3. The second-order valence-electron chi connectivity index (χ2n) is 8.18. The van der Waals surface area contributed by atoms with Crippen LogP contribution in [0.25, 0.3) is 0 Å². The van der Waals surface area contributed by atoms with E-state index in [-0.39, 0.29) is 17.0 Å².